The highest BCUT2D eigenvalue weighted by Crippen LogP contribution is 2.56. The van der Waals surface area contributed by atoms with Crippen molar-refractivity contribution in [2.45, 2.75) is 24.5 Å². The van der Waals surface area contributed by atoms with E-state index in [-0.39, 0.29) is 0 Å². The van der Waals surface area contributed by atoms with E-state index in [2.05, 4.69) is 4.18 Å². The fraction of sp³-hybridized carbons (Fsp3) is 1.00. The molecule has 0 aromatic carbocycles. The summed E-state index contributed by atoms with van der Waals surface area (Å²) in [5, 5.41) is 0. The van der Waals surface area contributed by atoms with Crippen molar-refractivity contribution in [3.8, 4) is 0 Å². The molecule has 2 N–H and O–H groups in total. The van der Waals surface area contributed by atoms with Gasteiger partial charge in [-0.1, -0.05) is 0 Å². The van der Waals surface area contributed by atoms with Gasteiger partial charge < -0.3 is 9.11 Å². The Hall–Kier alpha value is -0.190. The van der Waals surface area contributed by atoms with E-state index in [0.717, 1.165) is 0 Å². The first-order chi connectivity index (χ1) is 6.46. The summed E-state index contributed by atoms with van der Waals surface area (Å²) in [4.78, 5) is 0. The van der Waals surface area contributed by atoms with Crippen LogP contribution in [0.4, 0.5) is 26.3 Å². The van der Waals surface area contributed by atoms with Crippen LogP contribution in [0.5, 0.6) is 0 Å². The molecule has 15 heavy (non-hydrogen) atoms. The minimum atomic E-state index is -5.38. The Balaban J connectivity index is 3.87. The molecule has 0 aromatic heterocycles. The molecule has 0 unspecified atom stereocenters. The van der Waals surface area contributed by atoms with Crippen molar-refractivity contribution in [2.24, 2.45) is 0 Å². The molecule has 10 heteroatoms. The first-order valence-corrected chi connectivity index (χ1v) is 4.98. The van der Waals surface area contributed by atoms with Crippen LogP contribution >= 0.6 is 10.9 Å². The van der Waals surface area contributed by atoms with Gasteiger partial charge in [0.25, 0.3) is 0 Å². The molecule has 0 fully saturated rings. The van der Waals surface area contributed by atoms with E-state index in [9.17, 15) is 26.3 Å². The van der Waals surface area contributed by atoms with Crippen LogP contribution in [0.15, 0.2) is 0 Å². The maximum atomic E-state index is 11.7. The average Bonchev–Trinajstić information content (AvgIpc) is 1.94. The Morgan fingerprint density at radius 2 is 1.47 bits per heavy atom. The highest BCUT2D eigenvalue weighted by Gasteiger charge is 2.50. The first-order valence-electron chi connectivity index (χ1n) is 3.51. The summed E-state index contributed by atoms with van der Waals surface area (Å²) in [7, 11) is -5.28. The van der Waals surface area contributed by atoms with Crippen LogP contribution in [0.2, 0.25) is 0 Å². The Morgan fingerprint density at radius 3 is 1.80 bits per heavy atom. The molecule has 0 aliphatic carbocycles. The lowest BCUT2D eigenvalue weighted by atomic mass is 10.3. The topological polar surface area (TPSA) is 49.7 Å². The van der Waals surface area contributed by atoms with Gasteiger partial charge >= 0.3 is 11.7 Å². The lowest BCUT2D eigenvalue weighted by molar-refractivity contribution is -0.137. The largest absolute Gasteiger partial charge is 0.493 e. The van der Waals surface area contributed by atoms with Crippen LogP contribution in [-0.2, 0) is 4.18 Å². The SMILES string of the molecule is OS(O)(OCCCC(F)(F)F)C(F)(F)F. The van der Waals surface area contributed by atoms with Gasteiger partial charge in [0, 0.05) is 6.42 Å². The van der Waals surface area contributed by atoms with Gasteiger partial charge in [0.2, 0.25) is 0 Å². The third kappa shape index (κ3) is 6.07. The van der Waals surface area contributed by atoms with E-state index in [4.69, 9.17) is 9.11 Å². The molecule has 0 radical (unpaired) electrons. The normalized spacial score (nSPS) is 15.5. The van der Waals surface area contributed by atoms with Crippen LogP contribution < -0.4 is 0 Å². The minimum absolute atomic E-state index is 0.768. The van der Waals surface area contributed by atoms with E-state index in [1.165, 1.54) is 0 Å². The third-order valence-corrected chi connectivity index (χ3v) is 2.25. The van der Waals surface area contributed by atoms with Crippen LogP contribution in [0, 0.1) is 0 Å². The van der Waals surface area contributed by atoms with Crippen molar-refractivity contribution in [1.82, 2.24) is 0 Å². The lowest BCUT2D eigenvalue weighted by Gasteiger charge is -2.27. The molecular weight excluding hydrogens is 254 g/mol. The fourth-order valence-electron chi connectivity index (χ4n) is 0.515. The van der Waals surface area contributed by atoms with E-state index >= 15 is 0 Å². The number of hydrogen-bond acceptors (Lipinski definition) is 3. The highest BCUT2D eigenvalue weighted by atomic mass is 32.3. The van der Waals surface area contributed by atoms with Crippen molar-refractivity contribution < 1.29 is 39.6 Å². The summed E-state index contributed by atoms with van der Waals surface area (Å²) in [5.41, 5.74) is -5.38. The van der Waals surface area contributed by atoms with E-state index < -0.39 is 42.0 Å². The van der Waals surface area contributed by atoms with Crippen LogP contribution in [0.1, 0.15) is 12.8 Å². The molecule has 0 amide bonds. The molecular formula is C5H8F6O3S. The molecule has 0 heterocycles. The van der Waals surface area contributed by atoms with Gasteiger partial charge in [0.05, 0.1) is 6.61 Å². The molecule has 0 rings (SSSR count). The fourth-order valence-corrected chi connectivity index (χ4v) is 0.998. The second-order valence-corrected chi connectivity index (χ2v) is 4.17. The Morgan fingerprint density at radius 1 is 1.00 bits per heavy atom. The monoisotopic (exact) mass is 262 g/mol. The zero-order chi connectivity index (χ0) is 12.3. The zero-order valence-electron chi connectivity index (χ0n) is 7.10. The molecule has 94 valence electrons. The van der Waals surface area contributed by atoms with Crippen molar-refractivity contribution in [3.63, 3.8) is 0 Å². The van der Waals surface area contributed by atoms with Gasteiger partial charge in [0.15, 0.2) is 10.9 Å². The van der Waals surface area contributed by atoms with Gasteiger partial charge in [-0.3, -0.25) is 4.18 Å². The van der Waals surface area contributed by atoms with Crippen LogP contribution in [0.25, 0.3) is 0 Å². The molecule has 0 saturated carbocycles. The van der Waals surface area contributed by atoms with Crippen molar-refractivity contribution in [2.75, 3.05) is 6.61 Å². The van der Waals surface area contributed by atoms with Crippen LogP contribution in [-0.4, -0.2) is 27.4 Å². The lowest BCUT2D eigenvalue weighted by Crippen LogP contribution is -2.22. The smallest absolute Gasteiger partial charge is 0.301 e. The quantitative estimate of drug-likeness (QED) is 0.602. The molecule has 0 aliphatic rings. The van der Waals surface area contributed by atoms with Gasteiger partial charge in [-0.15, -0.1) is 0 Å². The molecule has 0 spiro atoms. The van der Waals surface area contributed by atoms with E-state index in [0.29, 0.717) is 0 Å². The van der Waals surface area contributed by atoms with E-state index in [1.54, 1.807) is 0 Å². The summed E-state index contributed by atoms with van der Waals surface area (Å²) >= 11 is 0. The van der Waals surface area contributed by atoms with Crippen molar-refractivity contribution in [1.29, 1.82) is 0 Å². The Bertz CT molecular complexity index is 200. The Kier molecular flexibility index (Phi) is 4.70. The second kappa shape index (κ2) is 4.76. The van der Waals surface area contributed by atoms with Gasteiger partial charge in [0.1, 0.15) is 0 Å². The van der Waals surface area contributed by atoms with E-state index in [1.807, 2.05) is 0 Å². The molecule has 3 nitrogen and oxygen atoms in total. The molecule has 0 saturated heterocycles. The second-order valence-electron chi connectivity index (χ2n) is 2.48. The summed E-state index contributed by atoms with van der Waals surface area (Å²) in [6.07, 6.45) is -6.62. The third-order valence-electron chi connectivity index (χ3n) is 1.15. The maximum absolute atomic E-state index is 11.7. The minimum Gasteiger partial charge on any atom is -0.301 e. The molecule has 0 atom stereocenters. The predicted octanol–water partition coefficient (Wildman–Crippen LogP) is 3.53. The summed E-state index contributed by atoms with van der Waals surface area (Å²) in [6.45, 7) is -1.03. The standard InChI is InChI=1S/C5H8F6O3S/c6-4(7,8)2-1-3-14-15(12,13)5(9,10)11/h12-13H,1-3H2. The van der Waals surface area contributed by atoms with Gasteiger partial charge in [-0.2, -0.15) is 26.3 Å². The number of halogens is 6. The molecule has 0 aromatic rings. The van der Waals surface area contributed by atoms with Gasteiger partial charge in [-0.25, -0.2) is 0 Å². The number of rotatable bonds is 4. The Labute approximate surface area is 82.6 Å². The highest BCUT2D eigenvalue weighted by molar-refractivity contribution is 8.20. The number of alkyl halides is 6. The van der Waals surface area contributed by atoms with Crippen molar-refractivity contribution >= 4 is 10.9 Å². The number of hydrogen-bond donors (Lipinski definition) is 2. The van der Waals surface area contributed by atoms with Gasteiger partial charge in [-0.05, 0) is 6.42 Å². The van der Waals surface area contributed by atoms with Crippen LogP contribution in [0.3, 0.4) is 0 Å². The predicted molar refractivity (Wildman–Crippen MR) is 40.1 cm³/mol. The maximum Gasteiger partial charge on any atom is 0.493 e. The zero-order valence-corrected chi connectivity index (χ0v) is 7.92. The van der Waals surface area contributed by atoms with Crippen molar-refractivity contribution in [3.05, 3.63) is 0 Å². The molecule has 0 aliphatic heterocycles. The summed E-state index contributed by atoms with van der Waals surface area (Å²) in [6, 6.07) is 0. The summed E-state index contributed by atoms with van der Waals surface area (Å²) in [5.74, 6) is 0. The summed E-state index contributed by atoms with van der Waals surface area (Å²) < 4.78 is 89.7. The first kappa shape index (κ1) is 14.8. The average molecular weight is 262 g/mol. The molecule has 0 bridgehead atoms.